The number of halogens is 1. The SMILES string of the molecule is CCNNC1C/C(C=N)=C(/NCC)c2cnc(N)c(c2)OC(C)c2cc(F)ccc2C1=N. The molecule has 0 amide bonds. The third-order valence-corrected chi connectivity index (χ3v) is 5.29. The first-order valence-electron chi connectivity index (χ1n) is 10.7. The van der Waals surface area contributed by atoms with Crippen LogP contribution in [0.3, 0.4) is 0 Å². The molecule has 1 aliphatic rings. The third kappa shape index (κ3) is 4.95. The number of ether oxygens (including phenoxy) is 1. The lowest BCUT2D eigenvalue weighted by Crippen LogP contribution is -2.46. The lowest BCUT2D eigenvalue weighted by atomic mass is 9.91. The molecular weight excluding hydrogens is 409 g/mol. The molecule has 3 rings (SSSR count). The molecule has 0 aliphatic carbocycles. The summed E-state index contributed by atoms with van der Waals surface area (Å²) in [6.45, 7) is 6.99. The Morgan fingerprint density at radius 2 is 2.06 bits per heavy atom. The Morgan fingerprint density at radius 3 is 2.75 bits per heavy atom. The van der Waals surface area contributed by atoms with Crippen molar-refractivity contribution in [2.24, 2.45) is 0 Å². The summed E-state index contributed by atoms with van der Waals surface area (Å²) in [6.07, 6.45) is 2.69. The summed E-state index contributed by atoms with van der Waals surface area (Å²) in [5.74, 6) is 0.161. The van der Waals surface area contributed by atoms with Gasteiger partial charge in [0.25, 0.3) is 0 Å². The highest BCUT2D eigenvalue weighted by molar-refractivity contribution is 6.04. The summed E-state index contributed by atoms with van der Waals surface area (Å²) in [5, 5.41) is 20.4. The van der Waals surface area contributed by atoms with E-state index < -0.39 is 18.0 Å². The number of nitrogen functional groups attached to an aromatic ring is 1. The Hall–Kier alpha value is -3.30. The number of hydrazine groups is 1. The predicted octanol–water partition coefficient (Wildman–Crippen LogP) is 3.17. The van der Waals surface area contributed by atoms with E-state index in [0.29, 0.717) is 42.0 Å². The van der Waals surface area contributed by atoms with Gasteiger partial charge in [-0.2, -0.15) is 0 Å². The van der Waals surface area contributed by atoms with Crippen molar-refractivity contribution in [3.8, 4) is 5.75 Å². The van der Waals surface area contributed by atoms with E-state index in [2.05, 4.69) is 21.2 Å². The van der Waals surface area contributed by atoms with Gasteiger partial charge in [0.2, 0.25) is 0 Å². The average Bonchev–Trinajstić information content (AvgIpc) is 2.78. The highest BCUT2D eigenvalue weighted by Gasteiger charge is 2.26. The van der Waals surface area contributed by atoms with Crippen LogP contribution in [-0.2, 0) is 0 Å². The van der Waals surface area contributed by atoms with Crippen LogP contribution in [0.25, 0.3) is 5.70 Å². The molecule has 170 valence electrons. The fraction of sp³-hybridized carbons (Fsp3) is 0.348. The lowest BCUT2D eigenvalue weighted by Gasteiger charge is -2.27. The molecule has 0 saturated carbocycles. The molecule has 0 saturated heterocycles. The molecule has 2 bridgehead atoms. The van der Waals surface area contributed by atoms with Gasteiger partial charge in [0.15, 0.2) is 11.6 Å². The molecule has 9 heteroatoms. The highest BCUT2D eigenvalue weighted by atomic mass is 19.1. The molecule has 0 spiro atoms. The van der Waals surface area contributed by atoms with Gasteiger partial charge < -0.3 is 26.6 Å². The van der Waals surface area contributed by atoms with Crippen molar-refractivity contribution in [1.82, 2.24) is 21.2 Å². The van der Waals surface area contributed by atoms with Crippen LogP contribution in [0.4, 0.5) is 10.2 Å². The number of hydrogen-bond acceptors (Lipinski definition) is 8. The zero-order chi connectivity index (χ0) is 23.3. The second-order valence-electron chi connectivity index (χ2n) is 7.52. The van der Waals surface area contributed by atoms with Crippen molar-refractivity contribution in [2.75, 3.05) is 18.8 Å². The van der Waals surface area contributed by atoms with Gasteiger partial charge in [-0.3, -0.25) is 5.43 Å². The quantitative estimate of drug-likeness (QED) is 0.303. The van der Waals surface area contributed by atoms with Gasteiger partial charge in [-0.1, -0.05) is 6.92 Å². The Balaban J connectivity index is 2.25. The van der Waals surface area contributed by atoms with Crippen molar-refractivity contribution >= 4 is 23.4 Å². The number of nitrogens with zero attached hydrogens (tertiary/aromatic N) is 1. The maximum absolute atomic E-state index is 14.2. The van der Waals surface area contributed by atoms with Crippen molar-refractivity contribution in [3.05, 3.63) is 58.5 Å². The van der Waals surface area contributed by atoms with Crippen molar-refractivity contribution in [1.29, 1.82) is 10.8 Å². The number of rotatable bonds is 6. The zero-order valence-electron chi connectivity index (χ0n) is 18.6. The summed E-state index contributed by atoms with van der Waals surface area (Å²) in [5.41, 5.74) is 15.8. The normalized spacial score (nSPS) is 21.1. The fourth-order valence-corrected chi connectivity index (χ4v) is 3.72. The molecular formula is C23H30FN7O. The number of aromatic nitrogens is 1. The predicted molar refractivity (Wildman–Crippen MR) is 126 cm³/mol. The van der Waals surface area contributed by atoms with Gasteiger partial charge in [0, 0.05) is 47.9 Å². The van der Waals surface area contributed by atoms with Gasteiger partial charge >= 0.3 is 0 Å². The first kappa shape index (κ1) is 23.4. The maximum Gasteiger partial charge on any atom is 0.166 e. The summed E-state index contributed by atoms with van der Waals surface area (Å²) in [4.78, 5) is 4.28. The molecule has 1 aliphatic heterocycles. The number of benzene rings is 1. The average molecular weight is 440 g/mol. The fourth-order valence-electron chi connectivity index (χ4n) is 3.72. The van der Waals surface area contributed by atoms with Gasteiger partial charge in [-0.05, 0) is 50.1 Å². The third-order valence-electron chi connectivity index (χ3n) is 5.29. The second-order valence-corrected chi connectivity index (χ2v) is 7.52. The van der Waals surface area contributed by atoms with E-state index in [1.54, 1.807) is 25.3 Å². The van der Waals surface area contributed by atoms with Crippen LogP contribution in [0.1, 0.15) is 50.0 Å². The first-order chi connectivity index (χ1) is 15.4. The Labute approximate surface area is 187 Å². The first-order valence-corrected chi connectivity index (χ1v) is 10.7. The molecule has 0 fully saturated rings. The molecule has 7 N–H and O–H groups in total. The maximum atomic E-state index is 14.2. The molecule has 32 heavy (non-hydrogen) atoms. The van der Waals surface area contributed by atoms with Crippen molar-refractivity contribution < 1.29 is 9.13 Å². The molecule has 2 heterocycles. The summed E-state index contributed by atoms with van der Waals surface area (Å²) >= 11 is 0. The van der Waals surface area contributed by atoms with E-state index >= 15 is 0 Å². The second kappa shape index (κ2) is 10.3. The van der Waals surface area contributed by atoms with Gasteiger partial charge in [-0.25, -0.2) is 14.8 Å². The zero-order valence-corrected chi connectivity index (χ0v) is 18.6. The Kier molecular flexibility index (Phi) is 7.55. The van der Waals surface area contributed by atoms with Gasteiger partial charge in [-0.15, -0.1) is 0 Å². The van der Waals surface area contributed by atoms with Crippen LogP contribution >= 0.6 is 0 Å². The summed E-state index contributed by atoms with van der Waals surface area (Å²) in [7, 11) is 0. The monoisotopic (exact) mass is 439 g/mol. The minimum Gasteiger partial charge on any atom is -0.482 e. The van der Waals surface area contributed by atoms with Crippen LogP contribution < -0.4 is 26.6 Å². The minimum atomic E-state index is -0.576. The molecule has 2 atom stereocenters. The van der Waals surface area contributed by atoms with Gasteiger partial charge in [0.1, 0.15) is 11.9 Å². The Morgan fingerprint density at radius 1 is 1.28 bits per heavy atom. The number of nitrogens with one attached hydrogen (secondary N) is 5. The topological polar surface area (TPSA) is 132 Å². The van der Waals surface area contributed by atoms with Crippen LogP contribution in [0.2, 0.25) is 0 Å². The van der Waals surface area contributed by atoms with E-state index in [1.807, 2.05) is 13.8 Å². The van der Waals surface area contributed by atoms with E-state index in [1.165, 1.54) is 18.3 Å². The Bertz CT molecular complexity index is 1040. The number of fused-ring (bicyclic) bond motifs is 3. The van der Waals surface area contributed by atoms with E-state index in [0.717, 1.165) is 11.3 Å². The van der Waals surface area contributed by atoms with Crippen molar-refractivity contribution in [3.63, 3.8) is 0 Å². The molecule has 0 radical (unpaired) electrons. The molecule has 1 aromatic carbocycles. The van der Waals surface area contributed by atoms with E-state index in [-0.39, 0.29) is 11.5 Å². The van der Waals surface area contributed by atoms with Gasteiger partial charge in [0.05, 0.1) is 11.8 Å². The number of hydrogen-bond donors (Lipinski definition) is 6. The van der Waals surface area contributed by atoms with Crippen molar-refractivity contribution in [2.45, 2.75) is 39.3 Å². The summed E-state index contributed by atoms with van der Waals surface area (Å²) < 4.78 is 20.3. The molecule has 2 unspecified atom stereocenters. The molecule has 1 aromatic heterocycles. The standard InChI is InChI=1S/C23H30FN7O/c1-4-28-22-14(11-25)8-19(31-30-5-2)21(26)17-7-6-16(24)10-18(17)13(3)32-20-9-15(22)12-29-23(20)27/h6-7,9-13,19,25-26,28,30-31H,4-5,8H2,1-3H3,(H2,27,29)/b22-14-,25-11?,26-21?. The number of nitrogens with two attached hydrogens (primary N) is 1. The summed E-state index contributed by atoms with van der Waals surface area (Å²) in [6, 6.07) is 5.62. The van der Waals surface area contributed by atoms with E-state index in [4.69, 9.17) is 21.3 Å². The van der Waals surface area contributed by atoms with Crippen LogP contribution in [0.15, 0.2) is 36.0 Å². The number of anilines is 1. The van der Waals surface area contributed by atoms with Crippen LogP contribution in [0.5, 0.6) is 5.75 Å². The van der Waals surface area contributed by atoms with E-state index in [9.17, 15) is 4.39 Å². The smallest absolute Gasteiger partial charge is 0.166 e. The molecule has 2 aromatic rings. The minimum absolute atomic E-state index is 0.213. The van der Waals surface area contributed by atoms with Crippen LogP contribution in [-0.4, -0.2) is 36.0 Å². The highest BCUT2D eigenvalue weighted by Crippen LogP contribution is 2.32. The largest absolute Gasteiger partial charge is 0.482 e. The lowest BCUT2D eigenvalue weighted by molar-refractivity contribution is 0.226. The number of pyridine rings is 1. The van der Waals surface area contributed by atoms with Crippen LogP contribution in [0, 0.1) is 16.6 Å². The molecule has 8 nitrogen and oxygen atoms in total.